The van der Waals surface area contributed by atoms with E-state index in [1.54, 1.807) is 11.8 Å². The van der Waals surface area contributed by atoms with Crippen LogP contribution in [0.25, 0.3) is 11.5 Å². The molecule has 1 heterocycles. The van der Waals surface area contributed by atoms with Gasteiger partial charge in [-0.3, -0.25) is 4.79 Å². The van der Waals surface area contributed by atoms with Crippen molar-refractivity contribution < 1.29 is 14.1 Å². The molecular weight excluding hydrogens is 288 g/mol. The average Bonchev–Trinajstić information content (AvgIpc) is 2.95. The lowest BCUT2D eigenvalue weighted by Crippen LogP contribution is -2.14. The van der Waals surface area contributed by atoms with Gasteiger partial charge in [0.05, 0.1) is 18.8 Å². The zero-order valence-corrected chi connectivity index (χ0v) is 13.1. The van der Waals surface area contributed by atoms with Crippen molar-refractivity contribution >= 4 is 17.7 Å². The van der Waals surface area contributed by atoms with Gasteiger partial charge < -0.3 is 9.26 Å². The summed E-state index contributed by atoms with van der Waals surface area (Å²) in [6.45, 7) is 3.86. The molecule has 0 aliphatic carbocycles. The first-order chi connectivity index (χ1) is 10.1. The molecule has 1 aromatic carbocycles. The van der Waals surface area contributed by atoms with Crippen LogP contribution in [0, 0.1) is 12.8 Å². The first-order valence-electron chi connectivity index (χ1n) is 6.65. The van der Waals surface area contributed by atoms with Gasteiger partial charge in [-0.2, -0.15) is 16.7 Å². The number of aryl methyl sites for hydroxylation is 1. The average molecular weight is 306 g/mol. The monoisotopic (exact) mass is 306 g/mol. The molecule has 2 aromatic rings. The highest BCUT2D eigenvalue weighted by molar-refractivity contribution is 7.98. The molecule has 0 radical (unpaired) electrons. The Morgan fingerprint density at radius 1 is 1.48 bits per heavy atom. The van der Waals surface area contributed by atoms with E-state index in [9.17, 15) is 4.79 Å². The molecular formula is C15H18N2O3S. The van der Waals surface area contributed by atoms with Crippen LogP contribution >= 0.6 is 11.8 Å². The van der Waals surface area contributed by atoms with E-state index in [0.29, 0.717) is 23.2 Å². The molecule has 21 heavy (non-hydrogen) atoms. The van der Waals surface area contributed by atoms with Crippen LogP contribution in [0.3, 0.4) is 0 Å². The summed E-state index contributed by atoms with van der Waals surface area (Å²) in [6, 6.07) is 7.92. The number of hydrogen-bond acceptors (Lipinski definition) is 6. The molecule has 0 bridgehead atoms. The Kier molecular flexibility index (Phi) is 5.38. The van der Waals surface area contributed by atoms with Crippen molar-refractivity contribution in [1.82, 2.24) is 10.1 Å². The minimum absolute atomic E-state index is 0.136. The lowest BCUT2D eigenvalue weighted by molar-refractivity contribution is -0.143. The fourth-order valence-corrected chi connectivity index (χ4v) is 2.71. The quantitative estimate of drug-likeness (QED) is 0.764. The van der Waals surface area contributed by atoms with E-state index in [-0.39, 0.29) is 11.9 Å². The van der Waals surface area contributed by atoms with Crippen LogP contribution in [0.5, 0.6) is 0 Å². The number of methoxy groups -OCH3 is 1. The predicted octanol–water partition coefficient (Wildman–Crippen LogP) is 3.09. The van der Waals surface area contributed by atoms with Crippen LogP contribution < -0.4 is 0 Å². The van der Waals surface area contributed by atoms with Crippen LogP contribution in [0.1, 0.15) is 18.3 Å². The molecule has 6 heteroatoms. The molecule has 0 N–H and O–H groups in total. The molecule has 0 saturated carbocycles. The first-order valence-corrected chi connectivity index (χ1v) is 7.81. The van der Waals surface area contributed by atoms with Crippen molar-refractivity contribution in [3.63, 3.8) is 0 Å². The number of hydrogen-bond donors (Lipinski definition) is 0. The van der Waals surface area contributed by atoms with Crippen molar-refractivity contribution in [3.05, 3.63) is 35.7 Å². The van der Waals surface area contributed by atoms with Crippen molar-refractivity contribution in [1.29, 1.82) is 0 Å². The molecule has 0 aliphatic rings. The van der Waals surface area contributed by atoms with E-state index < -0.39 is 0 Å². The van der Waals surface area contributed by atoms with Gasteiger partial charge in [0, 0.05) is 11.3 Å². The molecule has 0 aliphatic heterocycles. The summed E-state index contributed by atoms with van der Waals surface area (Å²) in [5.41, 5.74) is 2.07. The number of benzene rings is 1. The number of aromatic nitrogens is 2. The Balaban J connectivity index is 1.90. The standard InChI is InChI=1S/C15H18N2O3S/c1-10-5-4-6-12(7-10)14-16-13(17-20-14)9-21-8-11(2)15(18)19-3/h4-7,11H,8-9H2,1-3H3. The van der Waals surface area contributed by atoms with Gasteiger partial charge in [0.1, 0.15) is 0 Å². The number of carbonyl (C=O) groups excluding carboxylic acids is 1. The number of thioether (sulfide) groups is 1. The summed E-state index contributed by atoms with van der Waals surface area (Å²) >= 11 is 1.58. The van der Waals surface area contributed by atoms with E-state index in [4.69, 9.17) is 4.52 Å². The number of esters is 1. The highest BCUT2D eigenvalue weighted by atomic mass is 32.2. The van der Waals surface area contributed by atoms with Crippen molar-refractivity contribution in [2.75, 3.05) is 12.9 Å². The molecule has 0 spiro atoms. The number of ether oxygens (including phenoxy) is 1. The Hall–Kier alpha value is -1.82. The summed E-state index contributed by atoms with van der Waals surface area (Å²) in [6.07, 6.45) is 0. The zero-order chi connectivity index (χ0) is 15.2. The third kappa shape index (κ3) is 4.32. The summed E-state index contributed by atoms with van der Waals surface area (Å²) < 4.78 is 9.95. The molecule has 5 nitrogen and oxygen atoms in total. The summed E-state index contributed by atoms with van der Waals surface area (Å²) in [5, 5.41) is 3.96. The fourth-order valence-electron chi connectivity index (χ4n) is 1.80. The van der Waals surface area contributed by atoms with Crippen LogP contribution in [0.4, 0.5) is 0 Å². The van der Waals surface area contributed by atoms with E-state index in [1.165, 1.54) is 7.11 Å². The van der Waals surface area contributed by atoms with E-state index in [2.05, 4.69) is 14.9 Å². The third-order valence-corrected chi connectivity index (χ3v) is 4.13. The predicted molar refractivity (Wildman–Crippen MR) is 81.8 cm³/mol. The topological polar surface area (TPSA) is 65.2 Å². The molecule has 112 valence electrons. The Morgan fingerprint density at radius 3 is 3.00 bits per heavy atom. The zero-order valence-electron chi connectivity index (χ0n) is 12.3. The third-order valence-electron chi connectivity index (χ3n) is 2.94. The fraction of sp³-hybridized carbons (Fsp3) is 0.400. The second kappa shape index (κ2) is 7.26. The maximum atomic E-state index is 11.3. The lowest BCUT2D eigenvalue weighted by atomic mass is 10.1. The van der Waals surface area contributed by atoms with Crippen LogP contribution in [-0.4, -0.2) is 29.0 Å². The normalized spacial score (nSPS) is 12.1. The second-order valence-corrected chi connectivity index (χ2v) is 5.85. The molecule has 0 fully saturated rings. The molecule has 1 unspecified atom stereocenters. The largest absolute Gasteiger partial charge is 0.469 e. The number of carbonyl (C=O) groups is 1. The molecule has 2 rings (SSSR count). The van der Waals surface area contributed by atoms with Gasteiger partial charge >= 0.3 is 5.97 Å². The minimum atomic E-state index is -0.198. The molecule has 1 aromatic heterocycles. The van der Waals surface area contributed by atoms with Gasteiger partial charge in [-0.15, -0.1) is 0 Å². The van der Waals surface area contributed by atoms with Gasteiger partial charge in [-0.25, -0.2) is 0 Å². The van der Waals surface area contributed by atoms with Gasteiger partial charge in [0.15, 0.2) is 5.82 Å². The van der Waals surface area contributed by atoms with Gasteiger partial charge in [0.2, 0.25) is 0 Å². The van der Waals surface area contributed by atoms with E-state index in [1.807, 2.05) is 38.1 Å². The Labute approximate surface area is 128 Å². The van der Waals surface area contributed by atoms with E-state index >= 15 is 0 Å². The maximum absolute atomic E-state index is 11.3. The van der Waals surface area contributed by atoms with Gasteiger partial charge in [-0.05, 0) is 19.1 Å². The summed E-state index contributed by atoms with van der Waals surface area (Å²) in [7, 11) is 1.40. The number of rotatable bonds is 6. The van der Waals surface area contributed by atoms with Crippen LogP contribution in [0.15, 0.2) is 28.8 Å². The summed E-state index contributed by atoms with van der Waals surface area (Å²) in [4.78, 5) is 15.7. The second-order valence-electron chi connectivity index (χ2n) is 4.82. The van der Waals surface area contributed by atoms with Crippen LogP contribution in [-0.2, 0) is 15.3 Å². The molecule has 0 saturated heterocycles. The van der Waals surface area contributed by atoms with Crippen molar-refractivity contribution in [2.45, 2.75) is 19.6 Å². The highest BCUT2D eigenvalue weighted by Gasteiger charge is 2.14. The highest BCUT2D eigenvalue weighted by Crippen LogP contribution is 2.20. The SMILES string of the molecule is COC(=O)C(C)CSCc1noc(-c2cccc(C)c2)n1. The van der Waals surface area contributed by atoms with E-state index in [0.717, 1.165) is 11.1 Å². The molecule has 0 amide bonds. The lowest BCUT2D eigenvalue weighted by Gasteiger charge is -2.06. The van der Waals surface area contributed by atoms with Crippen LogP contribution in [0.2, 0.25) is 0 Å². The smallest absolute Gasteiger partial charge is 0.309 e. The molecule has 1 atom stereocenters. The Morgan fingerprint density at radius 2 is 2.29 bits per heavy atom. The van der Waals surface area contributed by atoms with Gasteiger partial charge in [-0.1, -0.05) is 29.8 Å². The summed E-state index contributed by atoms with van der Waals surface area (Å²) in [5.74, 6) is 2.10. The van der Waals surface area contributed by atoms with Crippen molar-refractivity contribution in [2.24, 2.45) is 5.92 Å². The van der Waals surface area contributed by atoms with Gasteiger partial charge in [0.25, 0.3) is 5.89 Å². The number of nitrogens with zero attached hydrogens (tertiary/aromatic N) is 2. The maximum Gasteiger partial charge on any atom is 0.309 e. The minimum Gasteiger partial charge on any atom is -0.469 e. The first kappa shape index (κ1) is 15.6. The van der Waals surface area contributed by atoms with Crippen molar-refractivity contribution in [3.8, 4) is 11.5 Å². The Bertz CT molecular complexity index is 612.